The molecule has 1 aliphatic heterocycles. The lowest BCUT2D eigenvalue weighted by Crippen LogP contribution is -2.12. The van der Waals surface area contributed by atoms with Crippen LogP contribution in [0.5, 0.6) is 0 Å². The number of hydrogen-bond donors (Lipinski definition) is 0. The molecule has 0 spiro atoms. The standard InChI is InChI=1S/C17H24O2/c1-12-4-3-5-14(10-12)15-6-7-16(13(2)11-15)17-18-8-9-19-17/h6-7,11-12,14,17H,3-5,8-10H2,1-2H3. The van der Waals surface area contributed by atoms with E-state index in [1.807, 2.05) is 0 Å². The van der Waals surface area contributed by atoms with Crippen molar-refractivity contribution in [2.45, 2.75) is 51.7 Å². The van der Waals surface area contributed by atoms with E-state index in [0.29, 0.717) is 13.2 Å². The molecule has 3 rings (SSSR count). The molecule has 2 aliphatic rings. The Labute approximate surface area is 116 Å². The zero-order valence-corrected chi connectivity index (χ0v) is 12.0. The monoisotopic (exact) mass is 260 g/mol. The number of benzene rings is 1. The van der Waals surface area contributed by atoms with Gasteiger partial charge in [-0.25, -0.2) is 0 Å². The van der Waals surface area contributed by atoms with Crippen molar-refractivity contribution in [2.75, 3.05) is 13.2 Å². The molecule has 2 fully saturated rings. The van der Waals surface area contributed by atoms with Gasteiger partial charge in [0.1, 0.15) is 0 Å². The van der Waals surface area contributed by atoms with Gasteiger partial charge >= 0.3 is 0 Å². The van der Waals surface area contributed by atoms with E-state index in [9.17, 15) is 0 Å². The maximum absolute atomic E-state index is 5.60. The van der Waals surface area contributed by atoms with E-state index in [1.165, 1.54) is 42.4 Å². The van der Waals surface area contributed by atoms with Crippen LogP contribution < -0.4 is 0 Å². The third-order valence-electron chi connectivity index (χ3n) is 4.58. The van der Waals surface area contributed by atoms with E-state index in [4.69, 9.17) is 9.47 Å². The molecule has 1 saturated heterocycles. The van der Waals surface area contributed by atoms with Gasteiger partial charge in [-0.2, -0.15) is 0 Å². The van der Waals surface area contributed by atoms with Crippen molar-refractivity contribution in [1.29, 1.82) is 0 Å². The topological polar surface area (TPSA) is 18.5 Å². The van der Waals surface area contributed by atoms with Crippen molar-refractivity contribution in [2.24, 2.45) is 5.92 Å². The van der Waals surface area contributed by atoms with Crippen LogP contribution in [-0.2, 0) is 9.47 Å². The molecule has 0 radical (unpaired) electrons. The van der Waals surface area contributed by atoms with Crippen molar-refractivity contribution in [3.63, 3.8) is 0 Å². The summed E-state index contributed by atoms with van der Waals surface area (Å²) in [4.78, 5) is 0. The molecular formula is C17H24O2. The summed E-state index contributed by atoms with van der Waals surface area (Å²) in [5, 5.41) is 0. The summed E-state index contributed by atoms with van der Waals surface area (Å²) in [5.74, 6) is 1.63. The first kappa shape index (κ1) is 13.1. The Hall–Kier alpha value is -0.860. The maximum Gasteiger partial charge on any atom is 0.184 e. The lowest BCUT2D eigenvalue weighted by Gasteiger charge is -2.27. The maximum atomic E-state index is 5.60. The molecule has 19 heavy (non-hydrogen) atoms. The molecular weight excluding hydrogens is 236 g/mol. The Morgan fingerprint density at radius 1 is 1.11 bits per heavy atom. The largest absolute Gasteiger partial charge is 0.346 e. The molecule has 2 heteroatoms. The Bertz CT molecular complexity index is 435. The summed E-state index contributed by atoms with van der Waals surface area (Å²) in [5.41, 5.74) is 4.01. The van der Waals surface area contributed by atoms with Gasteiger partial charge in [-0.05, 0) is 42.7 Å². The third kappa shape index (κ3) is 2.85. The molecule has 0 bridgehead atoms. The normalized spacial score (nSPS) is 28.7. The number of aryl methyl sites for hydroxylation is 1. The molecule has 104 valence electrons. The number of hydrogen-bond acceptors (Lipinski definition) is 2. The minimum absolute atomic E-state index is 0.140. The zero-order valence-electron chi connectivity index (χ0n) is 12.0. The van der Waals surface area contributed by atoms with E-state index < -0.39 is 0 Å². The molecule has 1 aromatic rings. The highest BCUT2D eigenvalue weighted by Crippen LogP contribution is 2.37. The van der Waals surface area contributed by atoms with Gasteiger partial charge in [0.15, 0.2) is 6.29 Å². The SMILES string of the molecule is Cc1cc(C2CCCC(C)C2)ccc1C1OCCO1. The zero-order chi connectivity index (χ0) is 13.2. The Kier molecular flexibility index (Phi) is 3.90. The highest BCUT2D eigenvalue weighted by atomic mass is 16.7. The van der Waals surface area contributed by atoms with Gasteiger partial charge in [0.25, 0.3) is 0 Å². The number of rotatable bonds is 2. The summed E-state index contributed by atoms with van der Waals surface area (Å²) in [6.45, 7) is 5.99. The third-order valence-corrected chi connectivity index (χ3v) is 4.58. The quantitative estimate of drug-likeness (QED) is 0.787. The van der Waals surface area contributed by atoms with Crippen LogP contribution in [0.4, 0.5) is 0 Å². The fraction of sp³-hybridized carbons (Fsp3) is 0.647. The van der Waals surface area contributed by atoms with Gasteiger partial charge in [0.2, 0.25) is 0 Å². The predicted molar refractivity (Wildman–Crippen MR) is 76.2 cm³/mol. The lowest BCUT2D eigenvalue weighted by molar-refractivity contribution is -0.0445. The Morgan fingerprint density at radius 2 is 1.89 bits per heavy atom. The summed E-state index contributed by atoms with van der Waals surface area (Å²) in [6, 6.07) is 6.85. The second-order valence-corrected chi connectivity index (χ2v) is 6.16. The molecule has 1 aliphatic carbocycles. The van der Waals surface area contributed by atoms with E-state index >= 15 is 0 Å². The average Bonchev–Trinajstić information content (AvgIpc) is 2.92. The van der Waals surface area contributed by atoms with Crippen molar-refractivity contribution >= 4 is 0 Å². The van der Waals surface area contributed by atoms with Crippen LogP contribution in [0.15, 0.2) is 18.2 Å². The highest BCUT2D eigenvalue weighted by molar-refractivity contribution is 5.34. The minimum atomic E-state index is -0.140. The van der Waals surface area contributed by atoms with Crippen LogP contribution in [0.25, 0.3) is 0 Å². The summed E-state index contributed by atoms with van der Waals surface area (Å²) in [7, 11) is 0. The molecule has 1 heterocycles. The fourth-order valence-electron chi connectivity index (χ4n) is 3.49. The van der Waals surface area contributed by atoms with Gasteiger partial charge < -0.3 is 9.47 Å². The van der Waals surface area contributed by atoms with E-state index in [1.54, 1.807) is 0 Å². The molecule has 1 aromatic carbocycles. The van der Waals surface area contributed by atoms with Crippen molar-refractivity contribution in [3.05, 3.63) is 34.9 Å². The number of ether oxygens (including phenoxy) is 2. The van der Waals surface area contributed by atoms with E-state index in [0.717, 1.165) is 11.8 Å². The summed E-state index contributed by atoms with van der Waals surface area (Å²) in [6.07, 6.45) is 5.33. The second-order valence-electron chi connectivity index (χ2n) is 6.16. The molecule has 0 N–H and O–H groups in total. The van der Waals surface area contributed by atoms with Crippen LogP contribution in [0, 0.1) is 12.8 Å². The van der Waals surface area contributed by atoms with E-state index in [2.05, 4.69) is 32.0 Å². The van der Waals surface area contributed by atoms with Crippen LogP contribution >= 0.6 is 0 Å². The molecule has 0 amide bonds. The molecule has 0 aromatic heterocycles. The minimum Gasteiger partial charge on any atom is -0.346 e. The first-order valence-electron chi connectivity index (χ1n) is 7.57. The Morgan fingerprint density at radius 3 is 2.58 bits per heavy atom. The Balaban J connectivity index is 1.78. The van der Waals surface area contributed by atoms with Crippen molar-refractivity contribution in [1.82, 2.24) is 0 Å². The fourth-order valence-corrected chi connectivity index (χ4v) is 3.49. The van der Waals surface area contributed by atoms with Gasteiger partial charge in [0.05, 0.1) is 13.2 Å². The van der Waals surface area contributed by atoms with Crippen molar-refractivity contribution < 1.29 is 9.47 Å². The molecule has 2 atom stereocenters. The summed E-state index contributed by atoms with van der Waals surface area (Å²) < 4.78 is 11.2. The molecule has 2 nitrogen and oxygen atoms in total. The van der Waals surface area contributed by atoms with Gasteiger partial charge in [-0.1, -0.05) is 38.0 Å². The smallest absolute Gasteiger partial charge is 0.184 e. The summed E-state index contributed by atoms with van der Waals surface area (Å²) >= 11 is 0. The molecule has 1 saturated carbocycles. The van der Waals surface area contributed by atoms with Crippen LogP contribution in [-0.4, -0.2) is 13.2 Å². The van der Waals surface area contributed by atoms with Gasteiger partial charge in [0, 0.05) is 5.56 Å². The molecule has 2 unspecified atom stereocenters. The average molecular weight is 260 g/mol. The van der Waals surface area contributed by atoms with Gasteiger partial charge in [-0.3, -0.25) is 0 Å². The first-order valence-corrected chi connectivity index (χ1v) is 7.57. The lowest BCUT2D eigenvalue weighted by atomic mass is 9.78. The van der Waals surface area contributed by atoms with Crippen LogP contribution in [0.1, 0.15) is 61.5 Å². The first-order chi connectivity index (χ1) is 9.24. The van der Waals surface area contributed by atoms with Gasteiger partial charge in [-0.15, -0.1) is 0 Å². The van der Waals surface area contributed by atoms with Crippen LogP contribution in [0.2, 0.25) is 0 Å². The van der Waals surface area contributed by atoms with E-state index in [-0.39, 0.29) is 6.29 Å². The predicted octanol–water partition coefficient (Wildman–Crippen LogP) is 4.33. The second kappa shape index (κ2) is 5.64. The highest BCUT2D eigenvalue weighted by Gasteiger charge is 2.23. The van der Waals surface area contributed by atoms with Crippen molar-refractivity contribution in [3.8, 4) is 0 Å². The van der Waals surface area contributed by atoms with Crippen LogP contribution in [0.3, 0.4) is 0 Å².